The Kier molecular flexibility index (Phi) is 1.90. The number of aromatic hydroxyl groups is 1. The minimum absolute atomic E-state index is 0.0670. The van der Waals surface area contributed by atoms with Gasteiger partial charge in [0.05, 0.1) is 0 Å². The van der Waals surface area contributed by atoms with E-state index in [-0.39, 0.29) is 5.88 Å². The molecule has 0 saturated heterocycles. The van der Waals surface area contributed by atoms with Gasteiger partial charge in [0, 0.05) is 11.8 Å². The number of nitrogens with zero attached hydrogens (tertiary/aromatic N) is 2. The van der Waals surface area contributed by atoms with E-state index in [1.165, 1.54) is 0 Å². The van der Waals surface area contributed by atoms with Crippen LogP contribution in [0.5, 0.6) is 5.88 Å². The molecule has 2 aromatic heterocycles. The van der Waals surface area contributed by atoms with Crippen molar-refractivity contribution in [3.8, 4) is 17.1 Å². The van der Waals surface area contributed by atoms with Gasteiger partial charge in [0.25, 0.3) is 0 Å². The van der Waals surface area contributed by atoms with Crippen LogP contribution < -0.4 is 0 Å². The van der Waals surface area contributed by atoms with Gasteiger partial charge in [-0.15, -0.1) is 0 Å². The second kappa shape index (κ2) is 3.38. The second-order valence-electron chi connectivity index (χ2n) is 3.58. The van der Waals surface area contributed by atoms with Crippen molar-refractivity contribution < 1.29 is 5.11 Å². The van der Waals surface area contributed by atoms with Crippen LogP contribution >= 0.6 is 0 Å². The van der Waals surface area contributed by atoms with Crippen LogP contribution in [0.4, 0.5) is 0 Å². The van der Waals surface area contributed by atoms with Crippen LogP contribution in [-0.4, -0.2) is 14.5 Å². The monoisotopic (exact) mass is 210 g/mol. The molecule has 0 atom stereocenters. The molecule has 3 nitrogen and oxygen atoms in total. The van der Waals surface area contributed by atoms with Crippen molar-refractivity contribution in [1.29, 1.82) is 0 Å². The number of imidazole rings is 1. The number of rotatable bonds is 1. The molecule has 0 aliphatic carbocycles. The fourth-order valence-electron chi connectivity index (χ4n) is 1.85. The minimum Gasteiger partial charge on any atom is -0.492 e. The molecule has 3 aromatic rings. The Hall–Kier alpha value is -2.29. The highest BCUT2D eigenvalue weighted by atomic mass is 16.3. The summed E-state index contributed by atoms with van der Waals surface area (Å²) in [6.07, 6.45) is 1.89. The molecule has 0 aliphatic heterocycles. The molecule has 16 heavy (non-hydrogen) atoms. The van der Waals surface area contributed by atoms with Gasteiger partial charge >= 0.3 is 0 Å². The Morgan fingerprint density at radius 3 is 2.50 bits per heavy atom. The van der Waals surface area contributed by atoms with Gasteiger partial charge in [0.2, 0.25) is 5.88 Å². The molecule has 3 heteroatoms. The number of pyridine rings is 1. The lowest BCUT2D eigenvalue weighted by Gasteiger charge is -2.01. The molecule has 0 aliphatic rings. The molecular formula is C13H10N2O. The van der Waals surface area contributed by atoms with Crippen molar-refractivity contribution in [1.82, 2.24) is 9.38 Å². The van der Waals surface area contributed by atoms with Crippen LogP contribution in [0.25, 0.3) is 16.9 Å². The molecule has 0 unspecified atom stereocenters. The highest BCUT2D eigenvalue weighted by molar-refractivity contribution is 5.69. The molecule has 0 fully saturated rings. The minimum atomic E-state index is 0.0670. The summed E-state index contributed by atoms with van der Waals surface area (Å²) in [5.41, 5.74) is 2.44. The van der Waals surface area contributed by atoms with E-state index in [4.69, 9.17) is 0 Å². The Morgan fingerprint density at radius 1 is 0.938 bits per heavy atom. The molecule has 3 rings (SSSR count). The quantitative estimate of drug-likeness (QED) is 0.670. The second-order valence-corrected chi connectivity index (χ2v) is 3.58. The normalized spacial score (nSPS) is 10.8. The first-order valence-corrected chi connectivity index (χ1v) is 5.08. The Bertz CT molecular complexity index is 629. The van der Waals surface area contributed by atoms with E-state index in [1.807, 2.05) is 59.1 Å². The first-order chi connectivity index (χ1) is 7.86. The maximum absolute atomic E-state index is 9.86. The summed E-state index contributed by atoms with van der Waals surface area (Å²) >= 11 is 0. The summed E-state index contributed by atoms with van der Waals surface area (Å²) in [6.45, 7) is 0. The Balaban J connectivity index is 2.35. The van der Waals surface area contributed by atoms with E-state index < -0.39 is 0 Å². The Morgan fingerprint density at radius 2 is 1.69 bits per heavy atom. The highest BCUT2D eigenvalue weighted by Crippen LogP contribution is 2.29. The van der Waals surface area contributed by atoms with Gasteiger partial charge in [-0.3, -0.25) is 4.40 Å². The first-order valence-electron chi connectivity index (χ1n) is 5.08. The van der Waals surface area contributed by atoms with E-state index in [0.717, 1.165) is 16.9 Å². The molecule has 0 saturated carbocycles. The van der Waals surface area contributed by atoms with Crippen molar-refractivity contribution in [2.24, 2.45) is 0 Å². The smallest absolute Gasteiger partial charge is 0.238 e. The van der Waals surface area contributed by atoms with E-state index in [1.54, 1.807) is 0 Å². The van der Waals surface area contributed by atoms with E-state index in [9.17, 15) is 5.11 Å². The van der Waals surface area contributed by atoms with Gasteiger partial charge in [-0.25, -0.2) is 0 Å². The average molecular weight is 210 g/mol. The van der Waals surface area contributed by atoms with E-state index in [2.05, 4.69) is 4.98 Å². The Labute approximate surface area is 92.6 Å². The summed E-state index contributed by atoms with van der Waals surface area (Å²) in [4.78, 5) is 4.11. The van der Waals surface area contributed by atoms with Crippen molar-refractivity contribution >= 4 is 5.65 Å². The SMILES string of the molecule is Oc1nc2ccccn2c1-c1ccccc1. The predicted molar refractivity (Wildman–Crippen MR) is 62.3 cm³/mol. The molecular weight excluding hydrogens is 200 g/mol. The van der Waals surface area contributed by atoms with Crippen molar-refractivity contribution in [2.45, 2.75) is 0 Å². The molecule has 1 N–H and O–H groups in total. The summed E-state index contributed by atoms with van der Waals surface area (Å²) in [5.74, 6) is 0.0670. The molecule has 0 radical (unpaired) electrons. The third-order valence-corrected chi connectivity index (χ3v) is 2.56. The molecule has 2 heterocycles. The van der Waals surface area contributed by atoms with Gasteiger partial charge in [-0.2, -0.15) is 4.98 Å². The van der Waals surface area contributed by atoms with Crippen molar-refractivity contribution in [3.05, 3.63) is 54.7 Å². The lowest BCUT2D eigenvalue weighted by molar-refractivity contribution is 0.459. The van der Waals surface area contributed by atoms with Gasteiger partial charge in [0.1, 0.15) is 11.3 Å². The summed E-state index contributed by atoms with van der Waals surface area (Å²) in [7, 11) is 0. The van der Waals surface area contributed by atoms with Crippen LogP contribution in [0.3, 0.4) is 0 Å². The third-order valence-electron chi connectivity index (χ3n) is 2.56. The van der Waals surface area contributed by atoms with Gasteiger partial charge in [-0.1, -0.05) is 36.4 Å². The molecule has 0 bridgehead atoms. The molecule has 78 valence electrons. The highest BCUT2D eigenvalue weighted by Gasteiger charge is 2.11. The van der Waals surface area contributed by atoms with Gasteiger partial charge in [0.15, 0.2) is 0 Å². The van der Waals surface area contributed by atoms with E-state index in [0.29, 0.717) is 0 Å². The molecule has 0 spiro atoms. The zero-order valence-corrected chi connectivity index (χ0v) is 8.54. The predicted octanol–water partition coefficient (Wildman–Crippen LogP) is 2.71. The van der Waals surface area contributed by atoms with Crippen LogP contribution in [-0.2, 0) is 0 Å². The number of hydrogen-bond donors (Lipinski definition) is 1. The summed E-state index contributed by atoms with van der Waals surface area (Å²) < 4.78 is 1.88. The lowest BCUT2D eigenvalue weighted by atomic mass is 10.1. The fraction of sp³-hybridized carbons (Fsp3) is 0. The standard InChI is InChI=1S/C13H10N2O/c16-13-12(10-6-2-1-3-7-10)15-9-5-4-8-11(15)14-13/h1-9,16H. The fourth-order valence-corrected chi connectivity index (χ4v) is 1.85. The largest absolute Gasteiger partial charge is 0.492 e. The summed E-state index contributed by atoms with van der Waals surface area (Å²) in [6, 6.07) is 15.4. The van der Waals surface area contributed by atoms with Crippen LogP contribution in [0.15, 0.2) is 54.7 Å². The number of aromatic nitrogens is 2. The van der Waals surface area contributed by atoms with Crippen LogP contribution in [0.1, 0.15) is 0 Å². The molecule has 0 amide bonds. The topological polar surface area (TPSA) is 37.5 Å². The van der Waals surface area contributed by atoms with Crippen molar-refractivity contribution in [3.63, 3.8) is 0 Å². The lowest BCUT2D eigenvalue weighted by Crippen LogP contribution is -1.86. The number of fused-ring (bicyclic) bond motifs is 1. The number of benzene rings is 1. The van der Waals surface area contributed by atoms with Crippen molar-refractivity contribution in [2.75, 3.05) is 0 Å². The zero-order chi connectivity index (χ0) is 11.0. The average Bonchev–Trinajstić information content (AvgIpc) is 2.66. The third kappa shape index (κ3) is 1.26. The maximum atomic E-state index is 9.86. The van der Waals surface area contributed by atoms with Gasteiger partial charge < -0.3 is 5.11 Å². The van der Waals surface area contributed by atoms with Gasteiger partial charge in [-0.05, 0) is 12.1 Å². The number of hydrogen-bond acceptors (Lipinski definition) is 2. The maximum Gasteiger partial charge on any atom is 0.238 e. The van der Waals surface area contributed by atoms with Crippen LogP contribution in [0, 0.1) is 0 Å². The zero-order valence-electron chi connectivity index (χ0n) is 8.54. The first kappa shape index (κ1) is 8.97. The van der Waals surface area contributed by atoms with Crippen LogP contribution in [0.2, 0.25) is 0 Å². The summed E-state index contributed by atoms with van der Waals surface area (Å²) in [5, 5.41) is 9.86. The van der Waals surface area contributed by atoms with E-state index >= 15 is 0 Å². The molecule has 1 aromatic carbocycles.